The van der Waals surface area contributed by atoms with Crippen molar-refractivity contribution in [2.45, 2.75) is 33.1 Å². The van der Waals surface area contributed by atoms with Gasteiger partial charge in [-0.3, -0.25) is 10.1 Å². The predicted molar refractivity (Wildman–Crippen MR) is 65.4 cm³/mol. The molecule has 0 amide bonds. The summed E-state index contributed by atoms with van der Waals surface area (Å²) in [5.74, 6) is 0. The molecule has 0 N–H and O–H groups in total. The number of benzene rings is 1. The molecule has 0 aliphatic rings. The summed E-state index contributed by atoms with van der Waals surface area (Å²) in [6.07, 6.45) is 2.22. The van der Waals surface area contributed by atoms with E-state index in [9.17, 15) is 15.4 Å². The SMILES string of the molecule is CCC(C#N)(CC)Cc1ccc([N+](=O)[O-])cc1. The topological polar surface area (TPSA) is 66.9 Å². The zero-order valence-electron chi connectivity index (χ0n) is 10.1. The molecule has 0 heterocycles. The number of non-ortho nitro benzene ring substituents is 1. The van der Waals surface area contributed by atoms with Crippen molar-refractivity contribution in [2.75, 3.05) is 0 Å². The number of nitrogens with zero attached hydrogens (tertiary/aromatic N) is 2. The third-order valence-corrected chi connectivity index (χ3v) is 3.28. The lowest BCUT2D eigenvalue weighted by Gasteiger charge is -2.23. The smallest absolute Gasteiger partial charge is 0.258 e. The minimum atomic E-state index is -0.416. The molecule has 0 fully saturated rings. The maximum atomic E-state index is 10.5. The zero-order valence-corrected chi connectivity index (χ0v) is 10.1. The molecule has 0 saturated heterocycles. The first-order valence-electron chi connectivity index (χ1n) is 5.71. The van der Waals surface area contributed by atoms with Crippen LogP contribution in [0.25, 0.3) is 0 Å². The van der Waals surface area contributed by atoms with E-state index in [-0.39, 0.29) is 11.1 Å². The van der Waals surface area contributed by atoms with E-state index in [1.165, 1.54) is 12.1 Å². The van der Waals surface area contributed by atoms with Crippen LogP contribution in [-0.4, -0.2) is 4.92 Å². The van der Waals surface area contributed by atoms with Crippen molar-refractivity contribution in [1.29, 1.82) is 5.26 Å². The molecule has 4 nitrogen and oxygen atoms in total. The van der Waals surface area contributed by atoms with E-state index in [1.54, 1.807) is 12.1 Å². The summed E-state index contributed by atoms with van der Waals surface area (Å²) in [4.78, 5) is 10.1. The fourth-order valence-electron chi connectivity index (χ4n) is 1.82. The Balaban J connectivity index is 2.89. The normalized spacial score (nSPS) is 10.9. The van der Waals surface area contributed by atoms with Crippen molar-refractivity contribution >= 4 is 5.69 Å². The Morgan fingerprint density at radius 3 is 2.18 bits per heavy atom. The molecule has 1 rings (SSSR count). The average molecular weight is 232 g/mol. The molecule has 0 spiro atoms. The molecule has 0 bridgehead atoms. The van der Waals surface area contributed by atoms with Crippen LogP contribution in [0.4, 0.5) is 5.69 Å². The molecule has 0 aliphatic heterocycles. The number of hydrogen-bond donors (Lipinski definition) is 0. The second-order valence-electron chi connectivity index (χ2n) is 4.20. The van der Waals surface area contributed by atoms with E-state index in [0.717, 1.165) is 18.4 Å². The average Bonchev–Trinajstić information content (AvgIpc) is 2.37. The Bertz CT molecular complexity index is 428. The van der Waals surface area contributed by atoms with Gasteiger partial charge in [-0.05, 0) is 24.8 Å². The van der Waals surface area contributed by atoms with Gasteiger partial charge in [-0.25, -0.2) is 0 Å². The highest BCUT2D eigenvalue weighted by molar-refractivity contribution is 5.33. The lowest BCUT2D eigenvalue weighted by molar-refractivity contribution is -0.384. The molecular formula is C13H16N2O2. The van der Waals surface area contributed by atoms with Gasteiger partial charge in [0.05, 0.1) is 16.4 Å². The second kappa shape index (κ2) is 5.44. The van der Waals surface area contributed by atoms with Crippen LogP contribution < -0.4 is 0 Å². The van der Waals surface area contributed by atoms with Crippen molar-refractivity contribution in [3.05, 3.63) is 39.9 Å². The van der Waals surface area contributed by atoms with E-state index in [1.807, 2.05) is 13.8 Å². The van der Waals surface area contributed by atoms with E-state index in [2.05, 4.69) is 6.07 Å². The maximum absolute atomic E-state index is 10.5. The Labute approximate surface area is 101 Å². The monoisotopic (exact) mass is 232 g/mol. The highest BCUT2D eigenvalue weighted by Crippen LogP contribution is 2.30. The predicted octanol–water partition coefficient (Wildman–Crippen LogP) is 3.47. The molecular weight excluding hydrogens is 216 g/mol. The van der Waals surface area contributed by atoms with E-state index >= 15 is 0 Å². The van der Waals surface area contributed by atoms with E-state index in [4.69, 9.17) is 0 Å². The lowest BCUT2D eigenvalue weighted by atomic mass is 9.78. The summed E-state index contributed by atoms with van der Waals surface area (Å²) >= 11 is 0. The summed E-state index contributed by atoms with van der Waals surface area (Å²) in [5.41, 5.74) is 0.709. The fraction of sp³-hybridized carbons (Fsp3) is 0.462. The Morgan fingerprint density at radius 2 is 1.82 bits per heavy atom. The van der Waals surface area contributed by atoms with Crippen molar-refractivity contribution < 1.29 is 4.92 Å². The largest absolute Gasteiger partial charge is 0.269 e. The molecule has 1 aromatic rings. The van der Waals surface area contributed by atoms with Crippen LogP contribution in [0.1, 0.15) is 32.3 Å². The zero-order chi connectivity index (χ0) is 12.9. The van der Waals surface area contributed by atoms with Crippen molar-refractivity contribution in [1.82, 2.24) is 0 Å². The lowest BCUT2D eigenvalue weighted by Crippen LogP contribution is -2.19. The fourth-order valence-corrected chi connectivity index (χ4v) is 1.82. The van der Waals surface area contributed by atoms with Gasteiger partial charge in [0, 0.05) is 12.1 Å². The van der Waals surface area contributed by atoms with Crippen LogP contribution in [0, 0.1) is 26.9 Å². The summed E-state index contributed by atoms with van der Waals surface area (Å²) in [6, 6.07) is 8.81. The van der Waals surface area contributed by atoms with Gasteiger partial charge >= 0.3 is 0 Å². The molecule has 0 unspecified atom stereocenters. The first kappa shape index (κ1) is 13.2. The van der Waals surface area contributed by atoms with Crippen LogP contribution >= 0.6 is 0 Å². The number of hydrogen-bond acceptors (Lipinski definition) is 3. The van der Waals surface area contributed by atoms with Crippen LogP contribution in [0.2, 0.25) is 0 Å². The minimum Gasteiger partial charge on any atom is -0.258 e. The van der Waals surface area contributed by atoms with Crippen molar-refractivity contribution in [2.24, 2.45) is 5.41 Å². The van der Waals surface area contributed by atoms with Gasteiger partial charge in [-0.1, -0.05) is 26.0 Å². The van der Waals surface area contributed by atoms with Gasteiger partial charge < -0.3 is 0 Å². The highest BCUT2D eigenvalue weighted by atomic mass is 16.6. The second-order valence-corrected chi connectivity index (χ2v) is 4.20. The molecule has 90 valence electrons. The van der Waals surface area contributed by atoms with Crippen molar-refractivity contribution in [3.63, 3.8) is 0 Å². The Kier molecular flexibility index (Phi) is 4.22. The number of nitro benzene ring substituents is 1. The molecule has 0 radical (unpaired) electrons. The Hall–Kier alpha value is -1.89. The molecule has 0 atom stereocenters. The van der Waals surface area contributed by atoms with E-state index in [0.29, 0.717) is 6.42 Å². The molecule has 0 aromatic heterocycles. The maximum Gasteiger partial charge on any atom is 0.269 e. The molecule has 4 heteroatoms. The third kappa shape index (κ3) is 3.04. The molecule has 1 aromatic carbocycles. The summed E-state index contributed by atoms with van der Waals surface area (Å²) in [6.45, 7) is 4.00. The van der Waals surface area contributed by atoms with Gasteiger partial charge in [0.15, 0.2) is 0 Å². The van der Waals surface area contributed by atoms with Gasteiger partial charge in [-0.2, -0.15) is 5.26 Å². The number of rotatable bonds is 5. The quantitative estimate of drug-likeness (QED) is 0.576. The van der Waals surface area contributed by atoms with Crippen LogP contribution in [0.3, 0.4) is 0 Å². The number of nitro groups is 1. The standard InChI is InChI=1S/C13H16N2O2/c1-3-13(4-2,10-14)9-11-5-7-12(8-6-11)15(16)17/h5-8H,3-4,9H2,1-2H3. The van der Waals surface area contributed by atoms with Crippen molar-refractivity contribution in [3.8, 4) is 6.07 Å². The number of nitriles is 1. The Morgan fingerprint density at radius 1 is 1.29 bits per heavy atom. The van der Waals surface area contributed by atoms with Gasteiger partial charge in [0.1, 0.15) is 0 Å². The highest BCUT2D eigenvalue weighted by Gasteiger charge is 2.26. The molecule has 0 saturated carbocycles. The van der Waals surface area contributed by atoms with Gasteiger partial charge in [0.2, 0.25) is 0 Å². The minimum absolute atomic E-state index is 0.0873. The van der Waals surface area contributed by atoms with E-state index < -0.39 is 4.92 Å². The molecule has 0 aliphatic carbocycles. The van der Waals surface area contributed by atoms with Crippen LogP contribution in [0.15, 0.2) is 24.3 Å². The van der Waals surface area contributed by atoms with Gasteiger partial charge in [0.25, 0.3) is 5.69 Å². The van der Waals surface area contributed by atoms with Crippen LogP contribution in [0.5, 0.6) is 0 Å². The third-order valence-electron chi connectivity index (χ3n) is 3.28. The summed E-state index contributed by atoms with van der Waals surface area (Å²) in [7, 11) is 0. The molecule has 17 heavy (non-hydrogen) atoms. The first-order chi connectivity index (χ1) is 8.06. The summed E-state index contributed by atoms with van der Waals surface area (Å²) in [5, 5.41) is 19.7. The first-order valence-corrected chi connectivity index (χ1v) is 5.71. The van der Waals surface area contributed by atoms with Crippen LogP contribution in [-0.2, 0) is 6.42 Å². The van der Waals surface area contributed by atoms with Gasteiger partial charge in [-0.15, -0.1) is 0 Å². The summed E-state index contributed by atoms with van der Waals surface area (Å²) < 4.78 is 0.